The van der Waals surface area contributed by atoms with Crippen molar-refractivity contribution < 1.29 is 73.9 Å². The third-order valence-electron chi connectivity index (χ3n) is 12.4. The van der Waals surface area contributed by atoms with Crippen molar-refractivity contribution in [2.24, 2.45) is 11.8 Å². The molecular formula is C53H64F6N2O10. The lowest BCUT2D eigenvalue weighted by atomic mass is 9.87. The van der Waals surface area contributed by atoms with Crippen molar-refractivity contribution in [1.82, 2.24) is 0 Å². The molecule has 0 unspecified atom stereocenters. The van der Waals surface area contributed by atoms with E-state index in [9.17, 15) is 45.5 Å². The number of anilines is 2. The zero-order valence-corrected chi connectivity index (χ0v) is 39.7. The molecule has 3 aromatic carbocycles. The molecule has 0 aliphatic heterocycles. The summed E-state index contributed by atoms with van der Waals surface area (Å²) in [6.07, 6.45) is 2.79. The lowest BCUT2D eigenvalue weighted by molar-refractivity contribution is -0.142. The fourth-order valence-electron chi connectivity index (χ4n) is 8.30. The van der Waals surface area contributed by atoms with Gasteiger partial charge in [-0.05, 0) is 148 Å². The largest absolute Gasteiger partial charge is 0.462 e. The second-order valence-electron chi connectivity index (χ2n) is 18.0. The van der Waals surface area contributed by atoms with Gasteiger partial charge in [-0.25, -0.2) is 9.59 Å². The van der Waals surface area contributed by atoms with E-state index in [1.807, 2.05) is 0 Å². The van der Waals surface area contributed by atoms with Crippen LogP contribution in [-0.4, -0.2) is 74.9 Å². The first-order valence-corrected chi connectivity index (χ1v) is 24.2. The number of rotatable bonds is 25. The molecule has 3 aromatic rings. The molecule has 0 bridgehead atoms. The van der Waals surface area contributed by atoms with E-state index in [2.05, 4.69) is 0 Å². The maximum atomic E-state index is 12.9. The molecule has 0 atom stereocenters. The van der Waals surface area contributed by atoms with E-state index < -0.39 is 43.1 Å². The first-order valence-electron chi connectivity index (χ1n) is 24.2. The van der Waals surface area contributed by atoms with Crippen molar-refractivity contribution >= 4 is 47.4 Å². The zero-order valence-electron chi connectivity index (χ0n) is 39.7. The summed E-state index contributed by atoms with van der Waals surface area (Å²) in [5.74, 6) is -2.64. The normalized spacial score (nSPS) is 19.1. The van der Waals surface area contributed by atoms with Gasteiger partial charge in [0.05, 0.1) is 30.0 Å². The monoisotopic (exact) mass is 1000 g/mol. The number of esters is 4. The van der Waals surface area contributed by atoms with E-state index in [1.165, 1.54) is 24.3 Å². The molecule has 0 aromatic heterocycles. The Morgan fingerprint density at radius 1 is 0.549 bits per heavy atom. The van der Waals surface area contributed by atoms with Gasteiger partial charge in [0.25, 0.3) is 0 Å². The average molecular weight is 1000 g/mol. The van der Waals surface area contributed by atoms with E-state index in [-0.39, 0.29) is 62.0 Å². The molecule has 4 N–H and O–H groups in total. The Morgan fingerprint density at radius 3 is 1.35 bits per heavy atom. The molecule has 18 heteroatoms. The van der Waals surface area contributed by atoms with E-state index in [0.29, 0.717) is 130 Å². The SMILES string of the molecule is Nc1ccc(N)c(C(COC(=O)/C=C/c2ccc(OC(=O)C3CCC(OCCCCCC(F)(F)F)CC3)cc2)COC(=O)/C=C/c2ccc(OC(=O)C3CCC(OCCCCCC(F)(F)F)CC3)cc2)c1. The number of nitrogen functional groups attached to an aromatic ring is 2. The highest BCUT2D eigenvalue weighted by molar-refractivity contribution is 5.88. The second-order valence-corrected chi connectivity index (χ2v) is 18.0. The van der Waals surface area contributed by atoms with Crippen LogP contribution in [0.25, 0.3) is 12.2 Å². The summed E-state index contributed by atoms with van der Waals surface area (Å²) in [6.45, 7) is 0.391. The molecule has 2 aliphatic carbocycles. The molecule has 2 aliphatic rings. The van der Waals surface area contributed by atoms with Crippen LogP contribution in [0.2, 0.25) is 0 Å². The number of nitrogens with two attached hydrogens (primary N) is 2. The van der Waals surface area contributed by atoms with Crippen molar-refractivity contribution in [3.8, 4) is 11.5 Å². The smallest absolute Gasteiger partial charge is 0.389 e. The molecule has 12 nitrogen and oxygen atoms in total. The van der Waals surface area contributed by atoms with Gasteiger partial charge in [0, 0.05) is 49.6 Å². The van der Waals surface area contributed by atoms with Crippen molar-refractivity contribution in [3.05, 3.63) is 95.6 Å². The maximum Gasteiger partial charge on any atom is 0.389 e. The van der Waals surface area contributed by atoms with E-state index >= 15 is 0 Å². The van der Waals surface area contributed by atoms with Crippen LogP contribution in [0.15, 0.2) is 78.9 Å². The molecule has 0 heterocycles. The van der Waals surface area contributed by atoms with Crippen LogP contribution < -0.4 is 20.9 Å². The summed E-state index contributed by atoms with van der Waals surface area (Å²) in [6, 6.07) is 18.0. The van der Waals surface area contributed by atoms with Crippen LogP contribution in [0, 0.1) is 11.8 Å². The predicted octanol–water partition coefficient (Wildman–Crippen LogP) is 11.7. The summed E-state index contributed by atoms with van der Waals surface area (Å²) in [5.41, 5.74) is 14.8. The van der Waals surface area contributed by atoms with Gasteiger partial charge in [-0.1, -0.05) is 37.1 Å². The van der Waals surface area contributed by atoms with Gasteiger partial charge in [-0.3, -0.25) is 9.59 Å². The Kier molecular flexibility index (Phi) is 22.3. The van der Waals surface area contributed by atoms with E-state index in [0.717, 1.165) is 0 Å². The van der Waals surface area contributed by atoms with Crippen molar-refractivity contribution in [2.45, 2.75) is 133 Å². The number of hydrogen-bond acceptors (Lipinski definition) is 12. The highest BCUT2D eigenvalue weighted by Gasteiger charge is 2.31. The fourth-order valence-corrected chi connectivity index (χ4v) is 8.30. The molecule has 71 heavy (non-hydrogen) atoms. The van der Waals surface area contributed by atoms with Crippen LogP contribution >= 0.6 is 0 Å². The number of carbonyl (C=O) groups excluding carboxylic acids is 4. The number of benzene rings is 3. The number of halogens is 6. The van der Waals surface area contributed by atoms with Crippen molar-refractivity contribution in [2.75, 3.05) is 37.9 Å². The molecular weight excluding hydrogens is 939 g/mol. The van der Waals surface area contributed by atoms with Gasteiger partial charge < -0.3 is 39.9 Å². The molecule has 5 rings (SSSR count). The summed E-state index contributed by atoms with van der Waals surface area (Å²) >= 11 is 0. The van der Waals surface area contributed by atoms with Gasteiger partial charge >= 0.3 is 36.2 Å². The van der Waals surface area contributed by atoms with E-state index in [1.54, 1.807) is 66.7 Å². The van der Waals surface area contributed by atoms with Crippen LogP contribution in [-0.2, 0) is 38.1 Å². The first-order chi connectivity index (χ1) is 33.9. The minimum atomic E-state index is -4.14. The van der Waals surface area contributed by atoms with E-state index in [4.69, 9.17) is 39.9 Å². The van der Waals surface area contributed by atoms with Crippen LogP contribution in [0.1, 0.15) is 125 Å². The van der Waals surface area contributed by atoms with Crippen molar-refractivity contribution in [1.29, 1.82) is 0 Å². The summed E-state index contributed by atoms with van der Waals surface area (Å²) in [4.78, 5) is 51.4. The standard InChI is InChI=1S/C53H64F6N2O10/c54-52(55,56)29-3-1-5-31-66-42-22-13-38(14-23-42)50(64)70-44-18-7-36(8-19-44)11-27-48(62)68-34-40(46-33-41(60)17-26-47(46)61)35-69-49(63)28-12-37-9-20-45(21-10-37)71-51(65)39-15-24-43(25-16-39)67-32-6-2-4-30-53(57,58)59/h7-12,17-21,26-28,33,38-40,42-43H,1-6,13-16,22-25,29-32,34-35,60-61H2/b27-11+,28-12+. The number of hydrogen-bond donors (Lipinski definition) is 2. The highest BCUT2D eigenvalue weighted by Crippen LogP contribution is 2.31. The third kappa shape index (κ3) is 21.6. The maximum absolute atomic E-state index is 12.9. The minimum absolute atomic E-state index is 0.0310. The van der Waals surface area contributed by atoms with Crippen LogP contribution in [0.3, 0.4) is 0 Å². The molecule has 0 saturated heterocycles. The lowest BCUT2D eigenvalue weighted by Gasteiger charge is -2.27. The Hall–Kier alpha value is -5.88. The molecule has 0 amide bonds. The fraction of sp³-hybridized carbons (Fsp3) is 0.509. The van der Waals surface area contributed by atoms with Crippen LogP contribution in [0.5, 0.6) is 11.5 Å². The molecule has 2 fully saturated rings. The number of ether oxygens (including phenoxy) is 6. The summed E-state index contributed by atoms with van der Waals surface area (Å²) < 4.78 is 108. The quantitative estimate of drug-likeness (QED) is 0.0205. The summed E-state index contributed by atoms with van der Waals surface area (Å²) in [5, 5.41) is 0. The zero-order chi connectivity index (χ0) is 51.2. The number of carbonyl (C=O) groups is 4. The van der Waals surface area contributed by atoms with Gasteiger partial charge in [-0.15, -0.1) is 0 Å². The van der Waals surface area contributed by atoms with Crippen LogP contribution in [0.4, 0.5) is 37.7 Å². The Labute approximate surface area is 410 Å². The highest BCUT2D eigenvalue weighted by atomic mass is 19.4. The van der Waals surface area contributed by atoms with Gasteiger partial charge in [0.15, 0.2) is 0 Å². The van der Waals surface area contributed by atoms with Gasteiger partial charge in [0.1, 0.15) is 24.7 Å². The lowest BCUT2D eigenvalue weighted by Crippen LogP contribution is -2.29. The Balaban J connectivity index is 1.00. The predicted molar refractivity (Wildman–Crippen MR) is 255 cm³/mol. The second kappa shape index (κ2) is 28.2. The Morgan fingerprint density at radius 2 is 0.958 bits per heavy atom. The molecule has 0 spiro atoms. The molecule has 2 saturated carbocycles. The van der Waals surface area contributed by atoms with Gasteiger partial charge in [0.2, 0.25) is 0 Å². The topological polar surface area (TPSA) is 176 Å². The van der Waals surface area contributed by atoms with Crippen molar-refractivity contribution in [3.63, 3.8) is 0 Å². The molecule has 0 radical (unpaired) electrons. The Bertz CT molecular complexity index is 2070. The van der Waals surface area contributed by atoms with Gasteiger partial charge in [-0.2, -0.15) is 26.3 Å². The number of alkyl halides is 6. The summed E-state index contributed by atoms with van der Waals surface area (Å²) in [7, 11) is 0. The third-order valence-corrected chi connectivity index (χ3v) is 12.4. The minimum Gasteiger partial charge on any atom is -0.462 e. The molecule has 388 valence electrons. The average Bonchev–Trinajstić information content (AvgIpc) is 3.33. The first kappa shape index (κ1) is 56.0. The number of unbranched alkanes of at least 4 members (excludes halogenated alkanes) is 4.